The number of sulfonamides is 1. The molecule has 3 aromatic carbocycles. The summed E-state index contributed by atoms with van der Waals surface area (Å²) in [4.78, 5) is 14.5. The number of benzene rings is 3. The first kappa shape index (κ1) is 21.7. The molecule has 0 aliphatic rings. The summed E-state index contributed by atoms with van der Waals surface area (Å²) in [7, 11) is -3.81. The molecule has 1 atom stereocenters. The van der Waals surface area contributed by atoms with E-state index in [-0.39, 0.29) is 29.1 Å². The molecule has 0 spiro atoms. The highest BCUT2D eigenvalue weighted by atomic mass is 32.2. The third kappa shape index (κ3) is 4.71. The van der Waals surface area contributed by atoms with Crippen molar-refractivity contribution in [3.05, 3.63) is 95.9 Å². The second-order valence-corrected chi connectivity index (χ2v) is 9.22. The first-order valence-electron chi connectivity index (χ1n) is 10.0. The number of fused-ring (bicyclic) bond motifs is 1. The summed E-state index contributed by atoms with van der Waals surface area (Å²) in [6, 6.07) is 19.8. The Bertz CT molecular complexity index is 1350. The van der Waals surface area contributed by atoms with Gasteiger partial charge in [0.05, 0.1) is 4.90 Å². The fraction of sp³-hybridized carbons (Fsp3) is 0.125. The van der Waals surface area contributed by atoms with E-state index in [1.807, 2.05) is 30.5 Å². The van der Waals surface area contributed by atoms with Gasteiger partial charge in [-0.05, 0) is 53.6 Å². The molecule has 0 aliphatic carbocycles. The molecule has 0 saturated carbocycles. The van der Waals surface area contributed by atoms with E-state index in [0.717, 1.165) is 22.0 Å². The lowest BCUT2D eigenvalue weighted by Gasteiger charge is -2.18. The average molecular weight is 452 g/mol. The standard InChI is InChI=1S/C24H22FN3O3S/c1-16(29)28-19-10-12-20(13-11-19)32(30,31)27-15-22(17-6-8-18(25)9-7-17)23-14-26-24-5-3-2-4-21(23)24/h2-14,22,26-27H,15H2,1H3,(H,28,29)/t22-/m1/s1. The van der Waals surface area contributed by atoms with E-state index in [1.54, 1.807) is 12.1 Å². The van der Waals surface area contributed by atoms with Gasteiger partial charge in [-0.1, -0.05) is 30.3 Å². The molecular formula is C24H22FN3O3S. The van der Waals surface area contributed by atoms with Crippen LogP contribution in [0.5, 0.6) is 0 Å². The van der Waals surface area contributed by atoms with Crippen molar-refractivity contribution in [3.8, 4) is 0 Å². The summed E-state index contributed by atoms with van der Waals surface area (Å²) in [6.45, 7) is 1.47. The molecule has 4 rings (SSSR count). The van der Waals surface area contributed by atoms with Crippen molar-refractivity contribution in [3.63, 3.8) is 0 Å². The maximum absolute atomic E-state index is 13.5. The molecule has 1 aromatic heterocycles. The van der Waals surface area contributed by atoms with Gasteiger partial charge in [-0.25, -0.2) is 17.5 Å². The number of anilines is 1. The quantitative estimate of drug-likeness (QED) is 0.390. The van der Waals surface area contributed by atoms with Crippen LogP contribution in [0.25, 0.3) is 10.9 Å². The summed E-state index contributed by atoms with van der Waals surface area (Å²) in [6.07, 6.45) is 1.86. The van der Waals surface area contributed by atoms with Crippen LogP contribution in [0.15, 0.2) is 83.9 Å². The zero-order valence-electron chi connectivity index (χ0n) is 17.3. The molecular weight excluding hydrogens is 429 g/mol. The topological polar surface area (TPSA) is 91.1 Å². The van der Waals surface area contributed by atoms with Crippen LogP contribution in [0.1, 0.15) is 24.0 Å². The third-order valence-corrected chi connectivity index (χ3v) is 6.67. The number of aromatic amines is 1. The first-order valence-corrected chi connectivity index (χ1v) is 11.5. The second-order valence-electron chi connectivity index (χ2n) is 7.45. The van der Waals surface area contributed by atoms with Crippen LogP contribution in [0.3, 0.4) is 0 Å². The first-order chi connectivity index (χ1) is 15.3. The van der Waals surface area contributed by atoms with Crippen LogP contribution in [0.2, 0.25) is 0 Å². The number of aromatic nitrogens is 1. The molecule has 3 N–H and O–H groups in total. The predicted molar refractivity (Wildman–Crippen MR) is 122 cm³/mol. The smallest absolute Gasteiger partial charge is 0.240 e. The Kier molecular flexibility index (Phi) is 6.07. The van der Waals surface area contributed by atoms with Gasteiger partial charge < -0.3 is 10.3 Å². The highest BCUT2D eigenvalue weighted by Gasteiger charge is 2.22. The molecule has 1 amide bonds. The van der Waals surface area contributed by atoms with Gasteiger partial charge in [0.15, 0.2) is 0 Å². The summed E-state index contributed by atoms with van der Waals surface area (Å²) in [5.41, 5.74) is 3.15. The average Bonchev–Trinajstić information content (AvgIpc) is 3.19. The minimum atomic E-state index is -3.81. The number of rotatable bonds is 7. The van der Waals surface area contributed by atoms with Gasteiger partial charge in [-0.15, -0.1) is 0 Å². The molecule has 0 radical (unpaired) electrons. The molecule has 6 nitrogen and oxygen atoms in total. The van der Waals surface area contributed by atoms with Crippen molar-refractivity contribution in [1.82, 2.24) is 9.71 Å². The van der Waals surface area contributed by atoms with E-state index in [0.29, 0.717) is 5.69 Å². The molecule has 0 aliphatic heterocycles. The number of halogens is 1. The van der Waals surface area contributed by atoms with Crippen LogP contribution in [0.4, 0.5) is 10.1 Å². The Morgan fingerprint density at radius 3 is 2.38 bits per heavy atom. The van der Waals surface area contributed by atoms with Crippen molar-refractivity contribution in [2.75, 3.05) is 11.9 Å². The number of nitrogens with one attached hydrogen (secondary N) is 3. The van der Waals surface area contributed by atoms with Crippen molar-refractivity contribution in [2.45, 2.75) is 17.7 Å². The van der Waals surface area contributed by atoms with E-state index in [9.17, 15) is 17.6 Å². The molecule has 0 saturated heterocycles. The van der Waals surface area contributed by atoms with Crippen molar-refractivity contribution < 1.29 is 17.6 Å². The van der Waals surface area contributed by atoms with Gasteiger partial charge in [0, 0.05) is 42.2 Å². The molecule has 0 fully saturated rings. The van der Waals surface area contributed by atoms with E-state index in [1.165, 1.54) is 43.3 Å². The normalized spacial score (nSPS) is 12.6. The number of hydrogen-bond donors (Lipinski definition) is 3. The summed E-state index contributed by atoms with van der Waals surface area (Å²) >= 11 is 0. The molecule has 0 bridgehead atoms. The van der Waals surface area contributed by atoms with Gasteiger partial charge in [0.2, 0.25) is 15.9 Å². The van der Waals surface area contributed by atoms with Gasteiger partial charge in [-0.3, -0.25) is 4.79 Å². The molecule has 164 valence electrons. The Morgan fingerprint density at radius 1 is 1.00 bits per heavy atom. The number of carbonyl (C=O) groups excluding carboxylic acids is 1. The number of hydrogen-bond acceptors (Lipinski definition) is 3. The van der Waals surface area contributed by atoms with Gasteiger partial charge in [-0.2, -0.15) is 0 Å². The van der Waals surface area contributed by atoms with Gasteiger partial charge in [0.1, 0.15) is 5.82 Å². The summed E-state index contributed by atoms with van der Waals surface area (Å²) in [5, 5.41) is 3.58. The molecule has 32 heavy (non-hydrogen) atoms. The van der Waals surface area contributed by atoms with Crippen molar-refractivity contribution in [2.24, 2.45) is 0 Å². The lowest BCUT2D eigenvalue weighted by molar-refractivity contribution is -0.114. The van der Waals surface area contributed by atoms with Crippen LogP contribution in [0, 0.1) is 5.82 Å². The zero-order valence-corrected chi connectivity index (χ0v) is 18.1. The Balaban J connectivity index is 1.63. The van der Waals surface area contributed by atoms with Crippen molar-refractivity contribution in [1.29, 1.82) is 0 Å². The molecule has 1 heterocycles. The van der Waals surface area contributed by atoms with Crippen molar-refractivity contribution >= 4 is 32.5 Å². The summed E-state index contributed by atoms with van der Waals surface area (Å²) in [5.74, 6) is -0.925. The number of amides is 1. The number of para-hydroxylation sites is 1. The lowest BCUT2D eigenvalue weighted by Crippen LogP contribution is -2.29. The minimum absolute atomic E-state index is 0.0865. The second kappa shape index (κ2) is 8.94. The Labute approximate surface area is 185 Å². The maximum Gasteiger partial charge on any atom is 0.240 e. The molecule has 8 heteroatoms. The maximum atomic E-state index is 13.5. The SMILES string of the molecule is CC(=O)Nc1ccc(S(=O)(=O)NC[C@H](c2ccc(F)cc2)c2c[nH]c3ccccc23)cc1. The fourth-order valence-corrected chi connectivity index (χ4v) is 4.73. The molecule has 4 aromatic rings. The largest absolute Gasteiger partial charge is 0.361 e. The zero-order chi connectivity index (χ0) is 22.7. The van der Waals surface area contributed by atoms with Crippen LogP contribution in [-0.2, 0) is 14.8 Å². The van der Waals surface area contributed by atoms with Gasteiger partial charge in [0.25, 0.3) is 0 Å². The highest BCUT2D eigenvalue weighted by molar-refractivity contribution is 7.89. The van der Waals surface area contributed by atoms with E-state index in [2.05, 4.69) is 15.0 Å². The molecule has 0 unspecified atom stereocenters. The lowest BCUT2D eigenvalue weighted by atomic mass is 9.91. The Morgan fingerprint density at radius 2 is 1.69 bits per heavy atom. The van der Waals surface area contributed by atoms with E-state index in [4.69, 9.17) is 0 Å². The third-order valence-electron chi connectivity index (χ3n) is 5.23. The van der Waals surface area contributed by atoms with Crippen LogP contribution in [-0.4, -0.2) is 25.9 Å². The van der Waals surface area contributed by atoms with Gasteiger partial charge >= 0.3 is 0 Å². The van der Waals surface area contributed by atoms with E-state index < -0.39 is 10.0 Å². The minimum Gasteiger partial charge on any atom is -0.361 e. The predicted octanol–water partition coefficient (Wildman–Crippen LogP) is 4.38. The van der Waals surface area contributed by atoms with Crippen LogP contribution < -0.4 is 10.0 Å². The van der Waals surface area contributed by atoms with E-state index >= 15 is 0 Å². The summed E-state index contributed by atoms with van der Waals surface area (Å²) < 4.78 is 42.0. The Hall–Kier alpha value is -3.49. The fourth-order valence-electron chi connectivity index (χ4n) is 3.68. The van der Waals surface area contributed by atoms with Crippen LogP contribution >= 0.6 is 0 Å². The number of carbonyl (C=O) groups is 1. The number of H-pyrrole nitrogens is 1. The highest BCUT2D eigenvalue weighted by Crippen LogP contribution is 2.31. The monoisotopic (exact) mass is 451 g/mol.